The molecule has 0 aliphatic carbocycles. The quantitative estimate of drug-likeness (QED) is 0.291. The van der Waals surface area contributed by atoms with E-state index in [9.17, 15) is 24.3 Å². The number of methoxy groups -OCH3 is 1. The third-order valence-corrected chi connectivity index (χ3v) is 7.33. The van der Waals surface area contributed by atoms with Crippen molar-refractivity contribution in [1.29, 1.82) is 0 Å². The number of amides is 3. The molecule has 4 aromatic carbocycles. The minimum atomic E-state index is -1.15. The van der Waals surface area contributed by atoms with Crippen LogP contribution in [0, 0.1) is 13.8 Å². The van der Waals surface area contributed by atoms with Crippen LogP contribution in [0.2, 0.25) is 0 Å². The number of benzene rings is 4. The number of nitrogens with one attached hydrogen (secondary N) is 1. The summed E-state index contributed by atoms with van der Waals surface area (Å²) in [5.41, 5.74) is 5.59. The monoisotopic (exact) mass is 577 g/mol. The van der Waals surface area contributed by atoms with Crippen LogP contribution in [0.5, 0.6) is 5.75 Å². The van der Waals surface area contributed by atoms with Crippen molar-refractivity contribution in [3.8, 4) is 16.9 Å². The summed E-state index contributed by atoms with van der Waals surface area (Å²) in [7, 11) is 1.45. The molecule has 0 spiro atoms. The van der Waals surface area contributed by atoms with Crippen LogP contribution < -0.4 is 19.9 Å². The smallest absolute Gasteiger partial charge is 0.323 e. The van der Waals surface area contributed by atoms with Crippen molar-refractivity contribution < 1.29 is 29.0 Å². The molecule has 2 N–H and O–H groups in total. The summed E-state index contributed by atoms with van der Waals surface area (Å²) < 4.78 is 5.56. The number of aryl methyl sites for hydroxylation is 2. The highest BCUT2D eigenvalue weighted by Crippen LogP contribution is 2.36. The highest BCUT2D eigenvalue weighted by Gasteiger charge is 2.31. The zero-order valence-electron chi connectivity index (χ0n) is 24.1. The number of hydrogen-bond donors (Lipinski definition) is 2. The first-order valence-electron chi connectivity index (χ1n) is 13.8. The van der Waals surface area contributed by atoms with Crippen LogP contribution in [0.15, 0.2) is 84.9 Å². The summed E-state index contributed by atoms with van der Waals surface area (Å²) in [6.07, 6.45) is -0.0432. The van der Waals surface area contributed by atoms with Gasteiger partial charge in [-0.15, -0.1) is 0 Å². The molecule has 4 aromatic rings. The summed E-state index contributed by atoms with van der Waals surface area (Å²) in [4.78, 5) is 54.3. The van der Waals surface area contributed by atoms with Gasteiger partial charge in [0.15, 0.2) is 0 Å². The van der Waals surface area contributed by atoms with Gasteiger partial charge in [-0.2, -0.15) is 0 Å². The van der Waals surface area contributed by atoms with E-state index in [-0.39, 0.29) is 36.1 Å². The number of rotatable bonds is 7. The molecular formula is C34H31N3O6. The van der Waals surface area contributed by atoms with Crippen LogP contribution in [-0.4, -0.2) is 49.0 Å². The normalized spacial score (nSPS) is 12.8. The van der Waals surface area contributed by atoms with Gasteiger partial charge in [0.05, 0.1) is 24.2 Å². The Labute approximate surface area is 249 Å². The lowest BCUT2D eigenvalue weighted by Crippen LogP contribution is -2.35. The SMILES string of the molecule is COc1cc(C(=O)N2CCC(=O)N(CC(=O)O)c3cc(C)ccc32)ccc1NC(=O)c1ccccc1-c1ccc(C)cc1. The van der Waals surface area contributed by atoms with Gasteiger partial charge in [0.25, 0.3) is 11.8 Å². The van der Waals surface area contributed by atoms with Gasteiger partial charge in [-0.3, -0.25) is 24.1 Å². The van der Waals surface area contributed by atoms with E-state index >= 15 is 0 Å². The zero-order valence-corrected chi connectivity index (χ0v) is 24.1. The van der Waals surface area contributed by atoms with Crippen molar-refractivity contribution in [3.05, 3.63) is 107 Å². The van der Waals surface area contributed by atoms with E-state index in [4.69, 9.17) is 4.74 Å². The fourth-order valence-electron chi connectivity index (χ4n) is 5.13. The third kappa shape index (κ3) is 6.11. The number of carboxylic acid groups (broad SMARTS) is 1. The summed E-state index contributed by atoms with van der Waals surface area (Å²) in [5.74, 6) is -1.97. The molecule has 43 heavy (non-hydrogen) atoms. The second kappa shape index (κ2) is 12.2. The predicted octanol–water partition coefficient (Wildman–Crippen LogP) is 5.70. The molecule has 0 saturated carbocycles. The molecule has 5 rings (SSSR count). The van der Waals surface area contributed by atoms with E-state index in [1.165, 1.54) is 16.9 Å². The minimum absolute atomic E-state index is 0.0432. The molecule has 3 amide bonds. The van der Waals surface area contributed by atoms with Crippen LogP contribution in [0.4, 0.5) is 17.1 Å². The number of carboxylic acids is 1. The zero-order chi connectivity index (χ0) is 30.7. The van der Waals surface area contributed by atoms with Gasteiger partial charge in [-0.25, -0.2) is 0 Å². The van der Waals surface area contributed by atoms with Crippen molar-refractivity contribution in [2.75, 3.05) is 35.3 Å². The van der Waals surface area contributed by atoms with E-state index in [1.54, 1.807) is 42.5 Å². The first kappa shape index (κ1) is 29.1. The fourth-order valence-corrected chi connectivity index (χ4v) is 5.13. The Balaban J connectivity index is 1.44. The standard InChI is InChI=1S/C34H31N3O6/c1-21-8-11-23(12-9-21)25-6-4-5-7-26(25)33(41)35-27-14-13-24(19-30(27)43-3)34(42)36-17-16-31(38)37(20-32(39)40)29-18-22(2)10-15-28(29)36/h4-15,18-19H,16-17,20H2,1-3H3,(H,35,41)(H,39,40). The van der Waals surface area contributed by atoms with E-state index in [0.29, 0.717) is 22.6 Å². The van der Waals surface area contributed by atoms with Crippen molar-refractivity contribution in [2.24, 2.45) is 0 Å². The third-order valence-electron chi connectivity index (χ3n) is 7.33. The maximum Gasteiger partial charge on any atom is 0.323 e. The molecule has 0 unspecified atom stereocenters. The molecule has 0 bridgehead atoms. The first-order chi connectivity index (χ1) is 20.7. The van der Waals surface area contributed by atoms with Crippen LogP contribution in [0.3, 0.4) is 0 Å². The molecular weight excluding hydrogens is 546 g/mol. The number of carbonyl (C=O) groups is 4. The second-order valence-corrected chi connectivity index (χ2v) is 10.4. The van der Waals surface area contributed by atoms with E-state index in [1.807, 2.05) is 56.3 Å². The second-order valence-electron chi connectivity index (χ2n) is 10.4. The van der Waals surface area contributed by atoms with Crippen LogP contribution >= 0.6 is 0 Å². The fraction of sp³-hybridized carbons (Fsp3) is 0.176. The van der Waals surface area contributed by atoms with Crippen molar-refractivity contribution in [3.63, 3.8) is 0 Å². The number of hydrogen-bond acceptors (Lipinski definition) is 5. The largest absolute Gasteiger partial charge is 0.495 e. The minimum Gasteiger partial charge on any atom is -0.495 e. The first-order valence-corrected chi connectivity index (χ1v) is 13.8. The molecule has 1 aliphatic rings. The molecule has 0 aromatic heterocycles. The Morgan fingerprint density at radius 3 is 2.33 bits per heavy atom. The molecule has 0 fully saturated rings. The average Bonchev–Trinajstić information content (AvgIpc) is 3.13. The lowest BCUT2D eigenvalue weighted by Gasteiger charge is -2.25. The molecule has 0 radical (unpaired) electrons. The number of fused-ring (bicyclic) bond motifs is 1. The molecule has 218 valence electrons. The summed E-state index contributed by atoms with van der Waals surface area (Å²) in [5, 5.41) is 12.3. The van der Waals surface area contributed by atoms with Gasteiger partial charge in [-0.05, 0) is 66.9 Å². The maximum atomic E-state index is 13.8. The summed E-state index contributed by atoms with van der Waals surface area (Å²) in [6, 6.07) is 25.2. The van der Waals surface area contributed by atoms with Gasteiger partial charge >= 0.3 is 5.97 Å². The predicted molar refractivity (Wildman–Crippen MR) is 165 cm³/mol. The molecule has 1 heterocycles. The van der Waals surface area contributed by atoms with Gasteiger partial charge < -0.3 is 20.1 Å². The van der Waals surface area contributed by atoms with Crippen LogP contribution in [0.1, 0.15) is 38.3 Å². The molecule has 0 saturated heterocycles. The summed E-state index contributed by atoms with van der Waals surface area (Å²) >= 11 is 0. The molecule has 9 nitrogen and oxygen atoms in total. The Morgan fingerprint density at radius 2 is 1.60 bits per heavy atom. The lowest BCUT2D eigenvalue weighted by atomic mass is 9.98. The lowest BCUT2D eigenvalue weighted by molar-refractivity contribution is -0.136. The van der Waals surface area contributed by atoms with Crippen molar-refractivity contribution in [1.82, 2.24) is 0 Å². The number of anilines is 3. The van der Waals surface area contributed by atoms with Gasteiger partial charge in [-0.1, -0.05) is 54.1 Å². The Bertz CT molecular complexity index is 1730. The summed E-state index contributed by atoms with van der Waals surface area (Å²) in [6.45, 7) is 3.40. The number of nitrogens with zero attached hydrogens (tertiary/aromatic N) is 2. The van der Waals surface area contributed by atoms with E-state index < -0.39 is 18.4 Å². The average molecular weight is 578 g/mol. The van der Waals surface area contributed by atoms with Crippen LogP contribution in [0.25, 0.3) is 11.1 Å². The van der Waals surface area contributed by atoms with Crippen molar-refractivity contribution >= 4 is 40.8 Å². The number of ether oxygens (including phenoxy) is 1. The Hall–Kier alpha value is -5.44. The Kier molecular flexibility index (Phi) is 8.25. The van der Waals surface area contributed by atoms with Crippen LogP contribution in [-0.2, 0) is 9.59 Å². The maximum absolute atomic E-state index is 13.8. The molecule has 9 heteroatoms. The highest BCUT2D eigenvalue weighted by atomic mass is 16.5. The number of aliphatic carboxylic acids is 1. The molecule has 0 atom stereocenters. The molecule has 1 aliphatic heterocycles. The van der Waals surface area contributed by atoms with Gasteiger partial charge in [0, 0.05) is 24.1 Å². The van der Waals surface area contributed by atoms with E-state index in [2.05, 4.69) is 5.32 Å². The number of carbonyl (C=O) groups excluding carboxylic acids is 3. The highest BCUT2D eigenvalue weighted by molar-refractivity contribution is 6.13. The van der Waals surface area contributed by atoms with Crippen molar-refractivity contribution in [2.45, 2.75) is 20.3 Å². The van der Waals surface area contributed by atoms with Gasteiger partial charge in [0.1, 0.15) is 12.3 Å². The van der Waals surface area contributed by atoms with Gasteiger partial charge in [0.2, 0.25) is 5.91 Å². The topological polar surface area (TPSA) is 116 Å². The Morgan fingerprint density at radius 1 is 0.884 bits per heavy atom. The van der Waals surface area contributed by atoms with E-state index in [0.717, 1.165) is 22.3 Å².